The first-order valence-electron chi connectivity index (χ1n) is 6.70. The summed E-state index contributed by atoms with van der Waals surface area (Å²) in [6.07, 6.45) is 1.40. The Morgan fingerprint density at radius 2 is 2.10 bits per heavy atom. The summed E-state index contributed by atoms with van der Waals surface area (Å²) in [4.78, 5) is 31.8. The number of aryl methyl sites for hydroxylation is 1. The molecule has 0 amide bonds. The fourth-order valence-electron chi connectivity index (χ4n) is 2.38. The highest BCUT2D eigenvalue weighted by Gasteiger charge is 2.15. The molecule has 1 aromatic carbocycles. The van der Waals surface area contributed by atoms with Crippen LogP contribution < -0.4 is 5.43 Å². The number of hydrogen-bond acceptors (Lipinski definition) is 4. The summed E-state index contributed by atoms with van der Waals surface area (Å²) < 4.78 is 4.91. The lowest BCUT2D eigenvalue weighted by Gasteiger charge is -2.06. The van der Waals surface area contributed by atoms with E-state index in [0.29, 0.717) is 10.9 Å². The number of fused-ring (bicyclic) bond motifs is 3. The van der Waals surface area contributed by atoms with Crippen molar-refractivity contribution in [1.82, 2.24) is 9.97 Å². The third-order valence-electron chi connectivity index (χ3n) is 3.35. The fraction of sp³-hybridized carbons (Fsp3) is 0.188. The van der Waals surface area contributed by atoms with E-state index in [2.05, 4.69) is 9.97 Å². The van der Waals surface area contributed by atoms with Crippen molar-refractivity contribution in [3.05, 3.63) is 51.9 Å². The summed E-state index contributed by atoms with van der Waals surface area (Å²) in [7, 11) is 0. The van der Waals surface area contributed by atoms with Crippen LogP contribution in [-0.4, -0.2) is 22.5 Å². The third kappa shape index (κ3) is 2.16. The van der Waals surface area contributed by atoms with Crippen LogP contribution in [0.1, 0.15) is 23.0 Å². The molecule has 0 aliphatic heterocycles. The molecule has 0 radical (unpaired) electrons. The third-order valence-corrected chi connectivity index (χ3v) is 3.35. The summed E-state index contributed by atoms with van der Waals surface area (Å²) in [6, 6.07) is 7.34. The van der Waals surface area contributed by atoms with Gasteiger partial charge in [-0.2, -0.15) is 0 Å². The molecule has 2 heterocycles. The molecule has 0 saturated heterocycles. The first-order valence-corrected chi connectivity index (χ1v) is 6.70. The van der Waals surface area contributed by atoms with Crippen LogP contribution in [0.15, 0.2) is 35.3 Å². The van der Waals surface area contributed by atoms with Gasteiger partial charge in [0.1, 0.15) is 5.56 Å². The van der Waals surface area contributed by atoms with Crippen molar-refractivity contribution >= 4 is 27.8 Å². The quantitative estimate of drug-likeness (QED) is 0.579. The number of nitrogens with zero attached hydrogens (tertiary/aromatic N) is 1. The Balaban J connectivity index is 2.38. The maximum absolute atomic E-state index is 12.6. The highest BCUT2D eigenvalue weighted by molar-refractivity contribution is 6.06. The molecule has 0 spiro atoms. The van der Waals surface area contributed by atoms with E-state index >= 15 is 0 Å². The van der Waals surface area contributed by atoms with Crippen LogP contribution in [0.2, 0.25) is 0 Å². The number of nitrogens with one attached hydrogen (secondary N) is 1. The zero-order valence-corrected chi connectivity index (χ0v) is 11.8. The molecule has 0 atom stereocenters. The van der Waals surface area contributed by atoms with Crippen molar-refractivity contribution in [2.24, 2.45) is 0 Å². The van der Waals surface area contributed by atoms with Crippen LogP contribution in [0.25, 0.3) is 21.8 Å². The number of carbonyl (C=O) groups excluding carboxylic acids is 1. The van der Waals surface area contributed by atoms with E-state index in [1.54, 1.807) is 13.0 Å². The first-order chi connectivity index (χ1) is 10.1. The number of benzene rings is 1. The van der Waals surface area contributed by atoms with Crippen LogP contribution in [0, 0.1) is 6.92 Å². The summed E-state index contributed by atoms with van der Waals surface area (Å²) in [5.41, 5.74) is 1.95. The minimum atomic E-state index is -0.613. The molecule has 3 aromatic rings. The molecule has 0 aliphatic carbocycles. The highest BCUT2D eigenvalue weighted by atomic mass is 16.5. The number of aromatic amines is 1. The van der Waals surface area contributed by atoms with Gasteiger partial charge in [-0.1, -0.05) is 6.07 Å². The maximum atomic E-state index is 12.6. The average Bonchev–Trinajstić information content (AvgIpc) is 2.47. The second-order valence-electron chi connectivity index (χ2n) is 4.76. The van der Waals surface area contributed by atoms with Gasteiger partial charge in [0.2, 0.25) is 5.43 Å². The van der Waals surface area contributed by atoms with Crippen molar-refractivity contribution < 1.29 is 9.53 Å². The van der Waals surface area contributed by atoms with Gasteiger partial charge in [0.15, 0.2) is 0 Å². The number of H-pyrrole nitrogens is 1. The lowest BCUT2D eigenvalue weighted by atomic mass is 10.1. The van der Waals surface area contributed by atoms with E-state index in [9.17, 15) is 9.59 Å². The average molecular weight is 282 g/mol. The van der Waals surface area contributed by atoms with Gasteiger partial charge in [0.25, 0.3) is 0 Å². The van der Waals surface area contributed by atoms with E-state index in [0.717, 1.165) is 16.6 Å². The number of aromatic nitrogens is 2. The second kappa shape index (κ2) is 5.01. The van der Waals surface area contributed by atoms with Crippen LogP contribution in [0.4, 0.5) is 0 Å². The molecule has 0 bridgehead atoms. The van der Waals surface area contributed by atoms with Gasteiger partial charge >= 0.3 is 5.97 Å². The number of carbonyl (C=O) groups is 1. The number of hydrogen-bond donors (Lipinski definition) is 1. The highest BCUT2D eigenvalue weighted by Crippen LogP contribution is 2.21. The van der Waals surface area contributed by atoms with Gasteiger partial charge in [-0.05, 0) is 32.0 Å². The SMILES string of the molecule is CCOC(=O)c1c[nH]c2ccc3nc(C)ccc3c2c1=O. The van der Waals surface area contributed by atoms with E-state index in [4.69, 9.17) is 4.74 Å². The summed E-state index contributed by atoms with van der Waals surface area (Å²) in [6.45, 7) is 3.82. The Morgan fingerprint density at radius 1 is 1.29 bits per heavy atom. The van der Waals surface area contributed by atoms with E-state index < -0.39 is 5.97 Å². The van der Waals surface area contributed by atoms with Crippen molar-refractivity contribution in [3.63, 3.8) is 0 Å². The molecule has 0 fully saturated rings. The molecule has 0 unspecified atom stereocenters. The van der Waals surface area contributed by atoms with Gasteiger partial charge < -0.3 is 9.72 Å². The second-order valence-corrected chi connectivity index (χ2v) is 4.76. The molecule has 21 heavy (non-hydrogen) atoms. The lowest BCUT2D eigenvalue weighted by molar-refractivity contribution is 0.0524. The number of rotatable bonds is 2. The van der Waals surface area contributed by atoms with E-state index in [1.165, 1.54) is 6.20 Å². The zero-order chi connectivity index (χ0) is 15.0. The molecule has 5 heteroatoms. The molecule has 2 aromatic heterocycles. The Morgan fingerprint density at radius 3 is 2.86 bits per heavy atom. The number of esters is 1. The van der Waals surface area contributed by atoms with Gasteiger partial charge in [0, 0.05) is 17.3 Å². The number of ether oxygens (including phenoxy) is 1. The van der Waals surface area contributed by atoms with Gasteiger partial charge in [0.05, 0.1) is 23.0 Å². The molecular formula is C16H14N2O3. The van der Waals surface area contributed by atoms with Crippen LogP contribution in [0.3, 0.4) is 0 Å². The van der Waals surface area contributed by atoms with Crippen molar-refractivity contribution in [2.45, 2.75) is 13.8 Å². The summed E-state index contributed by atoms with van der Waals surface area (Å²) >= 11 is 0. The van der Waals surface area contributed by atoms with Gasteiger partial charge in [-0.15, -0.1) is 0 Å². The van der Waals surface area contributed by atoms with E-state index in [-0.39, 0.29) is 17.6 Å². The minimum absolute atomic E-state index is 0.0115. The number of pyridine rings is 2. The Labute approximate surface area is 120 Å². The molecule has 0 aliphatic rings. The standard InChI is InChI=1S/C16H14N2O3/c1-3-21-16(20)11-8-17-13-7-6-12-10(14(13)15(11)19)5-4-9(2)18-12/h4-8H,3H2,1-2H3,(H,17,19). The van der Waals surface area contributed by atoms with Crippen LogP contribution in [0.5, 0.6) is 0 Å². The van der Waals surface area contributed by atoms with Crippen molar-refractivity contribution in [3.8, 4) is 0 Å². The predicted octanol–water partition coefficient (Wildman–Crippen LogP) is 2.56. The minimum Gasteiger partial charge on any atom is -0.462 e. The van der Waals surface area contributed by atoms with Crippen molar-refractivity contribution in [1.29, 1.82) is 0 Å². The van der Waals surface area contributed by atoms with Crippen molar-refractivity contribution in [2.75, 3.05) is 6.61 Å². The fourth-order valence-corrected chi connectivity index (χ4v) is 2.38. The summed E-state index contributed by atoms with van der Waals surface area (Å²) in [5.74, 6) is -0.613. The zero-order valence-electron chi connectivity index (χ0n) is 11.8. The topological polar surface area (TPSA) is 72.1 Å². The molecule has 3 rings (SSSR count). The van der Waals surface area contributed by atoms with Crippen LogP contribution >= 0.6 is 0 Å². The van der Waals surface area contributed by atoms with Gasteiger partial charge in [-0.25, -0.2) is 4.79 Å². The molecule has 0 saturated carbocycles. The molecular weight excluding hydrogens is 268 g/mol. The Hall–Kier alpha value is -2.69. The largest absolute Gasteiger partial charge is 0.462 e. The molecule has 5 nitrogen and oxygen atoms in total. The normalized spacial score (nSPS) is 11.0. The Bertz CT molecular complexity index is 912. The van der Waals surface area contributed by atoms with Gasteiger partial charge in [-0.3, -0.25) is 9.78 Å². The Kier molecular flexibility index (Phi) is 3.17. The summed E-state index contributed by atoms with van der Waals surface area (Å²) in [5, 5.41) is 1.19. The monoisotopic (exact) mass is 282 g/mol. The predicted molar refractivity (Wildman–Crippen MR) is 80.6 cm³/mol. The smallest absolute Gasteiger partial charge is 0.343 e. The molecule has 106 valence electrons. The molecule has 1 N–H and O–H groups in total. The maximum Gasteiger partial charge on any atom is 0.343 e. The lowest BCUT2D eigenvalue weighted by Crippen LogP contribution is -2.18. The first kappa shape index (κ1) is 13.3. The van der Waals surface area contributed by atoms with E-state index in [1.807, 2.05) is 25.1 Å². The van der Waals surface area contributed by atoms with Crippen LogP contribution in [-0.2, 0) is 4.74 Å².